The SMILES string of the molecule is COc1cc(F)cc(NC(=O)CC(C)(C)C(=O)O)c1. The number of amides is 1. The lowest BCUT2D eigenvalue weighted by molar-refractivity contribution is -0.148. The van der Waals surface area contributed by atoms with Crippen molar-refractivity contribution in [2.45, 2.75) is 20.3 Å². The first-order chi connectivity index (χ1) is 8.74. The van der Waals surface area contributed by atoms with E-state index in [0.717, 1.165) is 6.07 Å². The molecule has 1 aromatic carbocycles. The second-order valence-corrected chi connectivity index (χ2v) is 4.79. The summed E-state index contributed by atoms with van der Waals surface area (Å²) in [4.78, 5) is 22.6. The van der Waals surface area contributed by atoms with Gasteiger partial charge in [0, 0.05) is 24.2 Å². The van der Waals surface area contributed by atoms with Crippen molar-refractivity contribution in [2.75, 3.05) is 12.4 Å². The molecular weight excluding hydrogens is 253 g/mol. The number of ether oxygens (including phenoxy) is 1. The number of carbonyl (C=O) groups excluding carboxylic acids is 1. The van der Waals surface area contributed by atoms with Gasteiger partial charge in [0.05, 0.1) is 12.5 Å². The van der Waals surface area contributed by atoms with Gasteiger partial charge in [-0.25, -0.2) is 4.39 Å². The number of rotatable bonds is 5. The van der Waals surface area contributed by atoms with E-state index in [-0.39, 0.29) is 17.9 Å². The van der Waals surface area contributed by atoms with Crippen molar-refractivity contribution >= 4 is 17.6 Å². The van der Waals surface area contributed by atoms with E-state index >= 15 is 0 Å². The number of halogens is 1. The zero-order valence-electron chi connectivity index (χ0n) is 11.0. The second kappa shape index (κ2) is 5.69. The number of hydrogen-bond donors (Lipinski definition) is 2. The summed E-state index contributed by atoms with van der Waals surface area (Å²) in [5.41, 5.74) is -0.954. The van der Waals surface area contributed by atoms with Crippen molar-refractivity contribution in [3.8, 4) is 5.75 Å². The number of hydrogen-bond acceptors (Lipinski definition) is 3. The summed E-state index contributed by atoms with van der Waals surface area (Å²) in [6.45, 7) is 2.89. The number of nitrogens with one attached hydrogen (secondary N) is 1. The van der Waals surface area contributed by atoms with E-state index in [1.54, 1.807) is 0 Å². The zero-order valence-corrected chi connectivity index (χ0v) is 11.0. The Morgan fingerprint density at radius 2 is 2.00 bits per heavy atom. The quantitative estimate of drug-likeness (QED) is 0.859. The lowest BCUT2D eigenvalue weighted by Crippen LogP contribution is -2.29. The van der Waals surface area contributed by atoms with E-state index in [2.05, 4.69) is 5.32 Å². The normalized spacial score (nSPS) is 10.9. The highest BCUT2D eigenvalue weighted by Gasteiger charge is 2.30. The standard InChI is InChI=1S/C13H16FNO4/c1-13(2,12(17)18)7-11(16)15-9-4-8(14)5-10(6-9)19-3/h4-6H,7H2,1-3H3,(H,15,16)(H,17,18). The molecule has 0 radical (unpaired) electrons. The molecule has 1 aromatic rings. The third-order valence-corrected chi connectivity index (χ3v) is 2.57. The molecule has 0 spiro atoms. The van der Waals surface area contributed by atoms with Crippen LogP contribution in [0.15, 0.2) is 18.2 Å². The average Bonchev–Trinajstić information content (AvgIpc) is 2.26. The van der Waals surface area contributed by atoms with Gasteiger partial charge in [-0.2, -0.15) is 0 Å². The maximum absolute atomic E-state index is 13.2. The van der Waals surface area contributed by atoms with Gasteiger partial charge in [0.2, 0.25) is 5.91 Å². The Morgan fingerprint density at radius 1 is 1.37 bits per heavy atom. The molecule has 0 aliphatic rings. The van der Waals surface area contributed by atoms with Crippen molar-refractivity contribution in [3.63, 3.8) is 0 Å². The molecule has 5 nitrogen and oxygen atoms in total. The number of carboxylic acids is 1. The Hall–Kier alpha value is -2.11. The molecule has 0 saturated heterocycles. The van der Waals surface area contributed by atoms with Crippen molar-refractivity contribution in [1.29, 1.82) is 0 Å². The first-order valence-corrected chi connectivity index (χ1v) is 5.62. The molecule has 104 valence electrons. The van der Waals surface area contributed by atoms with Gasteiger partial charge in [0.1, 0.15) is 11.6 Å². The van der Waals surface area contributed by atoms with Gasteiger partial charge in [-0.3, -0.25) is 9.59 Å². The molecule has 1 amide bonds. The minimum absolute atomic E-state index is 0.207. The Kier molecular flexibility index (Phi) is 4.47. The lowest BCUT2D eigenvalue weighted by Gasteiger charge is -2.18. The highest BCUT2D eigenvalue weighted by molar-refractivity contribution is 5.94. The number of carboxylic acid groups (broad SMARTS) is 1. The fourth-order valence-electron chi connectivity index (χ4n) is 1.43. The second-order valence-electron chi connectivity index (χ2n) is 4.79. The van der Waals surface area contributed by atoms with Crippen molar-refractivity contribution < 1.29 is 23.8 Å². The summed E-state index contributed by atoms with van der Waals surface area (Å²) in [5, 5.41) is 11.4. The van der Waals surface area contributed by atoms with E-state index in [0.29, 0.717) is 0 Å². The first kappa shape index (κ1) is 14.9. The Labute approximate surface area is 110 Å². The number of anilines is 1. The van der Waals surface area contributed by atoms with Gasteiger partial charge in [0.15, 0.2) is 0 Å². The molecule has 19 heavy (non-hydrogen) atoms. The van der Waals surface area contributed by atoms with Gasteiger partial charge < -0.3 is 15.2 Å². The highest BCUT2D eigenvalue weighted by Crippen LogP contribution is 2.23. The molecule has 0 fully saturated rings. The molecule has 0 bridgehead atoms. The fourth-order valence-corrected chi connectivity index (χ4v) is 1.43. The van der Waals surface area contributed by atoms with Crippen molar-refractivity contribution in [3.05, 3.63) is 24.0 Å². The van der Waals surface area contributed by atoms with Crippen LogP contribution in [0.4, 0.5) is 10.1 Å². The molecule has 0 unspecified atom stereocenters. The Morgan fingerprint density at radius 3 is 2.53 bits per heavy atom. The van der Waals surface area contributed by atoms with Crippen molar-refractivity contribution in [2.24, 2.45) is 5.41 Å². The van der Waals surface area contributed by atoms with Crippen LogP contribution >= 0.6 is 0 Å². The van der Waals surface area contributed by atoms with Gasteiger partial charge in [0.25, 0.3) is 0 Å². The Balaban J connectivity index is 2.77. The first-order valence-electron chi connectivity index (χ1n) is 5.62. The third kappa shape index (κ3) is 4.24. The number of carbonyl (C=O) groups is 2. The van der Waals surface area contributed by atoms with Crippen LogP contribution < -0.4 is 10.1 Å². The van der Waals surface area contributed by atoms with Gasteiger partial charge in [-0.15, -0.1) is 0 Å². The van der Waals surface area contributed by atoms with Crippen molar-refractivity contribution in [1.82, 2.24) is 0 Å². The number of aliphatic carboxylic acids is 1. The highest BCUT2D eigenvalue weighted by atomic mass is 19.1. The summed E-state index contributed by atoms with van der Waals surface area (Å²) in [6.07, 6.45) is -0.207. The van der Waals surface area contributed by atoms with Gasteiger partial charge >= 0.3 is 5.97 Å². The van der Waals surface area contributed by atoms with Gasteiger partial charge in [-0.1, -0.05) is 0 Å². The number of methoxy groups -OCH3 is 1. The molecule has 0 atom stereocenters. The van der Waals surface area contributed by atoms with E-state index < -0.39 is 23.1 Å². The van der Waals surface area contributed by atoms with Crippen LogP contribution in [-0.4, -0.2) is 24.1 Å². The van der Waals surface area contributed by atoms with Crippen LogP contribution in [0.1, 0.15) is 20.3 Å². The van der Waals surface area contributed by atoms with Crippen LogP contribution in [0.25, 0.3) is 0 Å². The third-order valence-electron chi connectivity index (χ3n) is 2.57. The molecule has 1 rings (SSSR count). The Bertz CT molecular complexity index is 499. The van der Waals surface area contributed by atoms with Gasteiger partial charge in [-0.05, 0) is 19.9 Å². The lowest BCUT2D eigenvalue weighted by atomic mass is 9.89. The van der Waals surface area contributed by atoms with E-state index in [9.17, 15) is 14.0 Å². The minimum Gasteiger partial charge on any atom is -0.497 e. The molecule has 6 heteroatoms. The minimum atomic E-state index is -1.18. The predicted octanol–water partition coefficient (Wildman–Crippen LogP) is 2.27. The van der Waals surface area contributed by atoms with E-state index in [1.165, 1.54) is 33.1 Å². The predicted molar refractivity (Wildman–Crippen MR) is 67.6 cm³/mol. The summed E-state index contributed by atoms with van der Waals surface area (Å²) >= 11 is 0. The molecule has 0 aliphatic carbocycles. The maximum Gasteiger partial charge on any atom is 0.309 e. The largest absolute Gasteiger partial charge is 0.497 e. The molecular formula is C13H16FNO4. The van der Waals surface area contributed by atoms with E-state index in [1.807, 2.05) is 0 Å². The summed E-state index contributed by atoms with van der Waals surface area (Å²) < 4.78 is 18.1. The summed E-state index contributed by atoms with van der Waals surface area (Å²) in [6, 6.07) is 3.76. The molecule has 0 heterocycles. The van der Waals surface area contributed by atoms with Crippen LogP contribution in [0.2, 0.25) is 0 Å². The smallest absolute Gasteiger partial charge is 0.309 e. The fraction of sp³-hybridized carbons (Fsp3) is 0.385. The topological polar surface area (TPSA) is 75.6 Å². The molecule has 0 aliphatic heterocycles. The van der Waals surface area contributed by atoms with Crippen LogP contribution in [0, 0.1) is 11.2 Å². The number of benzene rings is 1. The molecule has 2 N–H and O–H groups in total. The van der Waals surface area contributed by atoms with E-state index in [4.69, 9.17) is 9.84 Å². The van der Waals surface area contributed by atoms with Crippen LogP contribution in [-0.2, 0) is 9.59 Å². The molecule has 0 aromatic heterocycles. The summed E-state index contributed by atoms with van der Waals surface area (Å²) in [7, 11) is 1.38. The van der Waals surface area contributed by atoms with Crippen LogP contribution in [0.5, 0.6) is 5.75 Å². The maximum atomic E-state index is 13.2. The zero-order chi connectivity index (χ0) is 14.6. The average molecular weight is 269 g/mol. The summed E-state index contributed by atoms with van der Waals surface area (Å²) in [5.74, 6) is -1.85. The van der Waals surface area contributed by atoms with Crippen LogP contribution in [0.3, 0.4) is 0 Å². The molecule has 0 saturated carbocycles. The monoisotopic (exact) mass is 269 g/mol.